The van der Waals surface area contributed by atoms with Gasteiger partial charge in [0.25, 0.3) is 5.95 Å². The highest BCUT2D eigenvalue weighted by Crippen LogP contribution is 2.25. The van der Waals surface area contributed by atoms with Gasteiger partial charge in [-0.25, -0.2) is 9.50 Å². The van der Waals surface area contributed by atoms with Gasteiger partial charge in [0.1, 0.15) is 18.1 Å². The molecule has 0 saturated heterocycles. The van der Waals surface area contributed by atoms with Crippen LogP contribution < -0.4 is 4.74 Å². The van der Waals surface area contributed by atoms with Crippen molar-refractivity contribution in [1.82, 2.24) is 39.6 Å². The van der Waals surface area contributed by atoms with E-state index in [2.05, 4.69) is 65.3 Å². The minimum Gasteiger partial charge on any atom is -0.486 e. The van der Waals surface area contributed by atoms with E-state index in [0.29, 0.717) is 34.9 Å². The van der Waals surface area contributed by atoms with Crippen LogP contribution in [0.5, 0.6) is 5.75 Å². The molecule has 0 fully saturated rings. The third-order valence-corrected chi connectivity index (χ3v) is 6.15. The van der Waals surface area contributed by atoms with E-state index in [-0.39, 0.29) is 6.61 Å². The lowest BCUT2D eigenvalue weighted by Crippen LogP contribution is -2.04. The maximum atomic E-state index is 6.00. The first-order chi connectivity index (χ1) is 18.0. The van der Waals surface area contributed by atoms with Gasteiger partial charge in [-0.1, -0.05) is 61.9 Å². The number of H-pyrrole nitrogens is 1. The summed E-state index contributed by atoms with van der Waals surface area (Å²) in [5, 5.41) is 16.9. The topological polar surface area (TPSA) is 98.8 Å². The van der Waals surface area contributed by atoms with E-state index in [9.17, 15) is 0 Å². The Hall–Kier alpha value is -4.79. The summed E-state index contributed by atoms with van der Waals surface area (Å²) in [6, 6.07) is 24.0. The van der Waals surface area contributed by atoms with Gasteiger partial charge < -0.3 is 4.74 Å². The molecule has 1 N–H and O–H groups in total. The molecule has 0 aliphatic heterocycles. The Balaban J connectivity index is 1.35. The van der Waals surface area contributed by atoms with Gasteiger partial charge in [-0.3, -0.25) is 5.10 Å². The molecule has 184 valence electrons. The van der Waals surface area contributed by atoms with Crippen LogP contribution >= 0.6 is 0 Å². The maximum absolute atomic E-state index is 6.00. The Bertz CT molecular complexity index is 1630. The highest BCUT2D eigenvalue weighted by atomic mass is 16.5. The molecule has 0 aliphatic rings. The van der Waals surface area contributed by atoms with Crippen LogP contribution in [0.4, 0.5) is 0 Å². The number of rotatable bonds is 7. The first-order valence-corrected chi connectivity index (χ1v) is 12.2. The first kappa shape index (κ1) is 22.7. The molecule has 6 aromatic rings. The number of hydrogen-bond donors (Lipinski definition) is 1. The quantitative estimate of drug-likeness (QED) is 0.323. The van der Waals surface area contributed by atoms with Crippen molar-refractivity contribution >= 4 is 5.65 Å². The molecule has 9 nitrogen and oxygen atoms in total. The Morgan fingerprint density at radius 3 is 2.49 bits per heavy atom. The van der Waals surface area contributed by atoms with Crippen LogP contribution in [0.15, 0.2) is 79.0 Å². The van der Waals surface area contributed by atoms with Gasteiger partial charge in [0.2, 0.25) is 0 Å². The number of nitrogens with one attached hydrogen (secondary N) is 1. The van der Waals surface area contributed by atoms with Crippen LogP contribution in [-0.2, 0) is 6.61 Å². The summed E-state index contributed by atoms with van der Waals surface area (Å²) in [5.74, 6) is 2.69. The van der Waals surface area contributed by atoms with E-state index in [4.69, 9.17) is 14.8 Å². The molecule has 2 aromatic carbocycles. The summed E-state index contributed by atoms with van der Waals surface area (Å²) in [4.78, 5) is 9.41. The lowest BCUT2D eigenvalue weighted by molar-refractivity contribution is 0.295. The summed E-state index contributed by atoms with van der Waals surface area (Å²) in [6.45, 7) is 6.60. The second-order valence-corrected chi connectivity index (χ2v) is 9.22. The number of aromatic amines is 1. The molecule has 0 atom stereocenters. The number of ether oxygens (including phenoxy) is 1. The average Bonchev–Trinajstić information content (AvgIpc) is 3.66. The molecular weight excluding hydrogens is 464 g/mol. The Morgan fingerprint density at radius 2 is 1.73 bits per heavy atom. The van der Waals surface area contributed by atoms with Gasteiger partial charge in [0, 0.05) is 11.8 Å². The largest absolute Gasteiger partial charge is 0.486 e. The van der Waals surface area contributed by atoms with Crippen LogP contribution in [0.3, 0.4) is 0 Å². The van der Waals surface area contributed by atoms with Crippen molar-refractivity contribution in [1.29, 1.82) is 0 Å². The van der Waals surface area contributed by atoms with E-state index in [1.807, 2.05) is 54.7 Å². The van der Waals surface area contributed by atoms with Crippen LogP contribution in [-0.4, -0.2) is 39.6 Å². The number of hydrogen-bond acceptors (Lipinski definition) is 6. The molecule has 0 aliphatic carbocycles. The molecule has 4 heterocycles. The predicted molar refractivity (Wildman–Crippen MR) is 141 cm³/mol. The van der Waals surface area contributed by atoms with Gasteiger partial charge in [-0.2, -0.15) is 14.8 Å². The molecule has 0 unspecified atom stereocenters. The SMILES string of the molecule is Cc1ccc(-c2cc(-c3nc(COc4ccc(C(C)C)cc4)nn3-c3nc4ccccn4n3)[nH]n2)cc1. The number of aryl methyl sites for hydroxylation is 1. The number of nitrogens with zero attached hydrogens (tertiary/aromatic N) is 7. The minimum atomic E-state index is 0.202. The molecule has 0 amide bonds. The zero-order valence-electron chi connectivity index (χ0n) is 20.8. The smallest absolute Gasteiger partial charge is 0.272 e. The molecule has 37 heavy (non-hydrogen) atoms. The Labute approximate surface area is 213 Å². The molecule has 0 radical (unpaired) electrons. The second kappa shape index (κ2) is 9.34. The molecule has 0 saturated carbocycles. The van der Waals surface area contributed by atoms with Gasteiger partial charge in [0.05, 0.1) is 5.69 Å². The molecule has 0 spiro atoms. The molecular formula is C28H26N8O. The summed E-state index contributed by atoms with van der Waals surface area (Å²) in [6.07, 6.45) is 1.85. The van der Waals surface area contributed by atoms with Gasteiger partial charge in [-0.05, 0) is 48.7 Å². The predicted octanol–water partition coefficient (Wildman–Crippen LogP) is 5.38. The zero-order valence-corrected chi connectivity index (χ0v) is 20.8. The number of fused-ring (bicyclic) bond motifs is 1. The van der Waals surface area contributed by atoms with E-state index in [1.54, 1.807) is 9.20 Å². The maximum Gasteiger partial charge on any atom is 0.272 e. The number of benzene rings is 2. The van der Waals surface area contributed by atoms with Crippen LogP contribution in [0, 0.1) is 6.92 Å². The van der Waals surface area contributed by atoms with Crippen molar-refractivity contribution in [3.05, 3.63) is 95.9 Å². The standard InChI is InChI=1S/C28H26N8O/c1-18(2)20-11-13-22(14-12-20)37-17-25-29-27(24-16-23(31-32-24)21-9-7-19(3)8-10-21)36(33-25)28-30-26-6-4-5-15-35(26)34-28/h4-16,18H,17H2,1-3H3,(H,31,32). The summed E-state index contributed by atoms with van der Waals surface area (Å²) >= 11 is 0. The van der Waals surface area contributed by atoms with E-state index in [1.165, 1.54) is 11.1 Å². The summed E-state index contributed by atoms with van der Waals surface area (Å²) < 4.78 is 9.33. The second-order valence-electron chi connectivity index (χ2n) is 9.22. The van der Waals surface area contributed by atoms with Gasteiger partial charge >= 0.3 is 0 Å². The van der Waals surface area contributed by atoms with Crippen molar-refractivity contribution in [2.75, 3.05) is 0 Å². The third-order valence-electron chi connectivity index (χ3n) is 6.15. The van der Waals surface area contributed by atoms with Crippen molar-refractivity contribution in [3.8, 4) is 34.5 Å². The van der Waals surface area contributed by atoms with E-state index < -0.39 is 0 Å². The Morgan fingerprint density at radius 1 is 0.919 bits per heavy atom. The molecule has 6 rings (SSSR count). The summed E-state index contributed by atoms with van der Waals surface area (Å²) in [5.41, 5.74) is 5.70. The van der Waals surface area contributed by atoms with E-state index in [0.717, 1.165) is 17.0 Å². The van der Waals surface area contributed by atoms with Crippen molar-refractivity contribution in [2.24, 2.45) is 0 Å². The molecule has 4 aromatic heterocycles. The van der Waals surface area contributed by atoms with Crippen molar-refractivity contribution < 1.29 is 4.74 Å². The monoisotopic (exact) mass is 490 g/mol. The molecule has 9 heteroatoms. The van der Waals surface area contributed by atoms with E-state index >= 15 is 0 Å². The average molecular weight is 491 g/mol. The highest BCUT2D eigenvalue weighted by molar-refractivity contribution is 5.65. The fourth-order valence-electron chi connectivity index (χ4n) is 4.04. The first-order valence-electron chi connectivity index (χ1n) is 12.2. The van der Waals surface area contributed by atoms with Gasteiger partial charge in [0.15, 0.2) is 17.3 Å². The fraction of sp³-hybridized carbons (Fsp3) is 0.179. The van der Waals surface area contributed by atoms with Crippen LogP contribution in [0.25, 0.3) is 34.4 Å². The number of pyridine rings is 1. The van der Waals surface area contributed by atoms with Gasteiger partial charge in [-0.15, -0.1) is 10.2 Å². The molecule has 0 bridgehead atoms. The Kier molecular flexibility index (Phi) is 5.72. The normalized spacial score (nSPS) is 11.5. The van der Waals surface area contributed by atoms with Crippen LogP contribution in [0.1, 0.15) is 36.7 Å². The van der Waals surface area contributed by atoms with Crippen molar-refractivity contribution in [3.63, 3.8) is 0 Å². The lowest BCUT2D eigenvalue weighted by Gasteiger charge is -2.07. The lowest BCUT2D eigenvalue weighted by atomic mass is 10.0. The minimum absolute atomic E-state index is 0.202. The summed E-state index contributed by atoms with van der Waals surface area (Å²) in [7, 11) is 0. The third kappa shape index (κ3) is 4.58. The highest BCUT2D eigenvalue weighted by Gasteiger charge is 2.20. The van der Waals surface area contributed by atoms with Crippen LogP contribution in [0.2, 0.25) is 0 Å². The van der Waals surface area contributed by atoms with Crippen molar-refractivity contribution in [2.45, 2.75) is 33.3 Å². The number of aromatic nitrogens is 8. The zero-order chi connectivity index (χ0) is 25.4. The fourth-order valence-corrected chi connectivity index (χ4v) is 4.04.